The number of carboxylic acids is 1. The van der Waals surface area contributed by atoms with Crippen LogP contribution in [0.4, 0.5) is 0 Å². The maximum Gasteiger partial charge on any atom is 0.307 e. The van der Waals surface area contributed by atoms with Crippen molar-refractivity contribution in [2.75, 3.05) is 26.2 Å². The zero-order valence-electron chi connectivity index (χ0n) is 32.4. The van der Waals surface area contributed by atoms with Crippen LogP contribution in [0.25, 0.3) is 22.3 Å². The summed E-state index contributed by atoms with van der Waals surface area (Å²) in [5.74, 6) is 0.181. The SMILES string of the molecule is Cc1c(COc2cc(OCc3cncc(C#N)c3)c(CN3CCC(O)C3)cc2Cl)cccc1-c1cccc(-c2ccc3c(c2)CCC3N2CC[C@@H](C(=O)O)C2)c1C. The maximum absolute atomic E-state index is 11.6. The molecular weight excluding hydrogens is 736 g/mol. The molecule has 2 N–H and O–H groups in total. The van der Waals surface area contributed by atoms with Crippen molar-refractivity contribution in [3.8, 4) is 39.8 Å². The first kappa shape index (κ1) is 38.6. The van der Waals surface area contributed by atoms with Gasteiger partial charge in [0.2, 0.25) is 0 Å². The molecular formula is C47H47ClN4O5. The lowest BCUT2D eigenvalue weighted by Crippen LogP contribution is -2.26. The molecule has 0 spiro atoms. The number of nitriles is 1. The highest BCUT2D eigenvalue weighted by molar-refractivity contribution is 6.32. The number of carboxylic acid groups (broad SMARTS) is 1. The molecule has 1 aromatic heterocycles. The van der Waals surface area contributed by atoms with Crippen LogP contribution >= 0.6 is 11.6 Å². The standard InChI is InChI=1S/C47H47ClN4O5/c1-29-36(28-57-46-20-45(56-27-32-17-31(21-49)22-50-23-32)37(19-43(46)48)24-51-15-14-38(53)26-51)5-3-7-40(29)41-8-4-6-39(30(41)2)33-9-11-42-34(18-33)10-12-44(42)52-16-13-35(25-52)47(54)55/h3-9,11,17-20,22-23,35,38,44,53H,10,12-16,24-28H2,1-2H3,(H,54,55)/t35-,38?,44?/m1/s1. The summed E-state index contributed by atoms with van der Waals surface area (Å²) in [6, 6.07) is 27.6. The fourth-order valence-electron chi connectivity index (χ4n) is 8.87. The van der Waals surface area contributed by atoms with E-state index in [-0.39, 0.29) is 18.6 Å². The number of aryl methyl sites for hydroxylation is 1. The number of halogens is 1. The molecule has 3 aliphatic rings. The van der Waals surface area contributed by atoms with Crippen molar-refractivity contribution in [2.45, 2.75) is 71.4 Å². The molecule has 2 aliphatic heterocycles. The topological polar surface area (TPSA) is 119 Å². The number of aliphatic hydroxyl groups excluding tert-OH is 1. The molecule has 2 unspecified atom stereocenters. The molecule has 4 aromatic carbocycles. The van der Waals surface area contributed by atoms with Crippen LogP contribution in [-0.2, 0) is 31.0 Å². The third kappa shape index (κ3) is 8.28. The van der Waals surface area contributed by atoms with Gasteiger partial charge in [0.15, 0.2) is 0 Å². The second kappa shape index (κ2) is 16.7. The third-order valence-electron chi connectivity index (χ3n) is 12.0. The van der Waals surface area contributed by atoms with Crippen molar-refractivity contribution in [1.29, 1.82) is 5.26 Å². The van der Waals surface area contributed by atoms with E-state index in [1.54, 1.807) is 12.3 Å². The Labute approximate surface area is 339 Å². The van der Waals surface area contributed by atoms with Gasteiger partial charge in [0.05, 0.1) is 22.6 Å². The van der Waals surface area contributed by atoms with Crippen LogP contribution in [0.2, 0.25) is 5.02 Å². The van der Waals surface area contributed by atoms with E-state index in [1.807, 2.05) is 12.1 Å². The van der Waals surface area contributed by atoms with Crippen molar-refractivity contribution >= 4 is 17.6 Å². The minimum absolute atomic E-state index is 0.221. The molecule has 3 atom stereocenters. The van der Waals surface area contributed by atoms with Crippen LogP contribution in [-0.4, -0.2) is 63.2 Å². The van der Waals surface area contributed by atoms with Crippen LogP contribution in [0.15, 0.2) is 85.2 Å². The van der Waals surface area contributed by atoms with Gasteiger partial charge >= 0.3 is 5.97 Å². The quantitative estimate of drug-likeness (QED) is 0.128. The average Bonchev–Trinajstić information content (AvgIpc) is 3.98. The molecule has 2 fully saturated rings. The highest BCUT2D eigenvalue weighted by Gasteiger charge is 2.36. The number of hydrogen-bond donors (Lipinski definition) is 2. The average molecular weight is 783 g/mol. The predicted molar refractivity (Wildman–Crippen MR) is 220 cm³/mol. The number of benzene rings is 4. The number of likely N-dealkylation sites (tertiary alicyclic amines) is 2. The Morgan fingerprint density at radius 2 is 1.67 bits per heavy atom. The van der Waals surface area contributed by atoms with E-state index in [4.69, 9.17) is 21.1 Å². The molecule has 10 heteroatoms. The van der Waals surface area contributed by atoms with Gasteiger partial charge in [-0.25, -0.2) is 0 Å². The molecule has 0 radical (unpaired) electrons. The number of fused-ring (bicyclic) bond motifs is 1. The fraction of sp³-hybridized carbons (Fsp3) is 0.340. The second-order valence-corrected chi connectivity index (χ2v) is 16.1. The highest BCUT2D eigenvalue weighted by atomic mass is 35.5. The minimum atomic E-state index is -0.685. The first-order valence-corrected chi connectivity index (χ1v) is 20.1. The number of nitrogens with zero attached hydrogens (tertiary/aromatic N) is 4. The zero-order valence-corrected chi connectivity index (χ0v) is 33.1. The molecule has 0 saturated carbocycles. The number of rotatable bonds is 12. The number of pyridine rings is 1. The van der Waals surface area contributed by atoms with Crippen molar-refractivity contribution in [3.63, 3.8) is 0 Å². The number of aliphatic carboxylic acids is 1. The lowest BCUT2D eigenvalue weighted by Gasteiger charge is -2.24. The largest absolute Gasteiger partial charge is 0.488 e. The second-order valence-electron chi connectivity index (χ2n) is 15.7. The molecule has 292 valence electrons. The van der Waals surface area contributed by atoms with Crippen molar-refractivity contribution < 1.29 is 24.5 Å². The summed E-state index contributed by atoms with van der Waals surface area (Å²) in [5, 5.41) is 29.5. The Balaban J connectivity index is 1.01. The number of carbonyl (C=O) groups is 1. The molecule has 5 aromatic rings. The Bertz CT molecular complexity index is 2360. The summed E-state index contributed by atoms with van der Waals surface area (Å²) in [6.07, 6.45) is 6.35. The van der Waals surface area contributed by atoms with Crippen molar-refractivity contribution in [3.05, 3.63) is 135 Å². The summed E-state index contributed by atoms with van der Waals surface area (Å²) >= 11 is 6.88. The Morgan fingerprint density at radius 1 is 0.877 bits per heavy atom. The Morgan fingerprint density at radius 3 is 2.44 bits per heavy atom. The van der Waals surface area contributed by atoms with Gasteiger partial charge in [-0.2, -0.15) is 5.26 Å². The van der Waals surface area contributed by atoms with Crippen molar-refractivity contribution in [2.24, 2.45) is 5.92 Å². The molecule has 3 heterocycles. The summed E-state index contributed by atoms with van der Waals surface area (Å²) < 4.78 is 12.8. The van der Waals surface area contributed by atoms with Gasteiger partial charge in [-0.05, 0) is 108 Å². The number of β-amino-alcohol motifs (C(OH)–C–C–N with tert-alkyl or cyclic N) is 1. The highest BCUT2D eigenvalue weighted by Crippen LogP contribution is 2.42. The molecule has 2 saturated heterocycles. The van der Waals surface area contributed by atoms with E-state index in [0.717, 1.165) is 66.6 Å². The van der Waals surface area contributed by atoms with E-state index in [1.165, 1.54) is 39.6 Å². The molecule has 57 heavy (non-hydrogen) atoms. The summed E-state index contributed by atoms with van der Waals surface area (Å²) in [6.45, 7) is 8.27. The Hall–Kier alpha value is -5.24. The van der Waals surface area contributed by atoms with Gasteiger partial charge in [0.25, 0.3) is 0 Å². The smallest absolute Gasteiger partial charge is 0.307 e. The first-order valence-electron chi connectivity index (χ1n) is 19.8. The van der Waals surface area contributed by atoms with Crippen LogP contribution in [0.3, 0.4) is 0 Å². The van der Waals surface area contributed by atoms with Crippen LogP contribution in [0.1, 0.15) is 69.8 Å². The zero-order chi connectivity index (χ0) is 39.6. The molecule has 9 nitrogen and oxygen atoms in total. The van der Waals surface area contributed by atoms with Crippen LogP contribution in [0, 0.1) is 31.1 Å². The predicted octanol–water partition coefficient (Wildman–Crippen LogP) is 8.68. The van der Waals surface area contributed by atoms with Crippen LogP contribution in [0.5, 0.6) is 11.5 Å². The number of aliphatic hydroxyl groups is 1. The maximum atomic E-state index is 11.6. The molecule has 0 bridgehead atoms. The van der Waals surface area contributed by atoms with Gasteiger partial charge in [0.1, 0.15) is 30.8 Å². The lowest BCUT2D eigenvalue weighted by molar-refractivity contribution is -0.141. The molecule has 8 rings (SSSR count). The van der Waals surface area contributed by atoms with Gasteiger partial charge in [-0.3, -0.25) is 19.6 Å². The third-order valence-corrected chi connectivity index (χ3v) is 12.3. The fourth-order valence-corrected chi connectivity index (χ4v) is 9.11. The number of hydrogen-bond acceptors (Lipinski definition) is 8. The minimum Gasteiger partial charge on any atom is -0.488 e. The van der Waals surface area contributed by atoms with Gasteiger partial charge in [0, 0.05) is 61.8 Å². The van der Waals surface area contributed by atoms with Gasteiger partial charge < -0.3 is 19.7 Å². The summed E-state index contributed by atoms with van der Waals surface area (Å²) in [4.78, 5) is 20.3. The Kier molecular flexibility index (Phi) is 11.3. The first-order chi connectivity index (χ1) is 27.6. The van der Waals surface area contributed by atoms with E-state index in [0.29, 0.717) is 54.4 Å². The number of aromatic nitrogens is 1. The monoisotopic (exact) mass is 782 g/mol. The van der Waals surface area contributed by atoms with Gasteiger partial charge in [-0.1, -0.05) is 66.2 Å². The number of ether oxygens (including phenoxy) is 2. The summed E-state index contributed by atoms with van der Waals surface area (Å²) in [7, 11) is 0. The van der Waals surface area contributed by atoms with E-state index < -0.39 is 5.97 Å². The lowest BCUT2D eigenvalue weighted by atomic mass is 9.89. The normalized spacial score (nSPS) is 19.4. The van der Waals surface area contributed by atoms with Crippen LogP contribution < -0.4 is 9.47 Å². The molecule has 1 aliphatic carbocycles. The van der Waals surface area contributed by atoms with Gasteiger partial charge in [-0.15, -0.1) is 0 Å². The van der Waals surface area contributed by atoms with E-state index in [9.17, 15) is 20.3 Å². The van der Waals surface area contributed by atoms with E-state index in [2.05, 4.69) is 89.3 Å². The van der Waals surface area contributed by atoms with E-state index >= 15 is 0 Å². The van der Waals surface area contributed by atoms with Crippen molar-refractivity contribution in [1.82, 2.24) is 14.8 Å². The molecule has 0 amide bonds. The summed E-state index contributed by atoms with van der Waals surface area (Å²) in [5.41, 5.74) is 12.9.